The molecule has 3 nitrogen and oxygen atoms in total. The smallest absolute Gasteiger partial charge is 0.355 e. The Hall–Kier alpha value is -1.68. The van der Waals surface area contributed by atoms with Crippen LogP contribution in [0, 0.1) is 13.8 Å². The van der Waals surface area contributed by atoms with Crippen molar-refractivity contribution in [3.8, 4) is 0 Å². The molecule has 0 spiro atoms. The molecule has 2 aromatic rings. The zero-order valence-electron chi connectivity index (χ0n) is 9.73. The van der Waals surface area contributed by atoms with Gasteiger partial charge in [-0.1, -0.05) is 23.8 Å². The van der Waals surface area contributed by atoms with E-state index in [-0.39, 0.29) is 5.69 Å². The molecule has 0 fully saturated rings. The lowest BCUT2D eigenvalue weighted by Gasteiger charge is -2.04. The third-order valence-corrected chi connectivity index (χ3v) is 3.46. The van der Waals surface area contributed by atoms with Crippen LogP contribution in [0.2, 0.25) is 0 Å². The van der Waals surface area contributed by atoms with E-state index in [0.717, 1.165) is 5.01 Å². The van der Waals surface area contributed by atoms with Gasteiger partial charge in [-0.15, -0.1) is 11.3 Å². The predicted molar refractivity (Wildman–Crippen MR) is 67.8 cm³/mol. The first-order valence-electron chi connectivity index (χ1n) is 5.30. The van der Waals surface area contributed by atoms with Crippen molar-refractivity contribution in [2.45, 2.75) is 20.3 Å². The summed E-state index contributed by atoms with van der Waals surface area (Å²) in [5.74, 6) is -0.965. The molecule has 0 unspecified atom stereocenters. The molecule has 0 aliphatic heterocycles. The van der Waals surface area contributed by atoms with E-state index in [4.69, 9.17) is 5.11 Å². The van der Waals surface area contributed by atoms with Crippen molar-refractivity contribution in [2.24, 2.45) is 0 Å². The number of carboxylic acid groups (broad SMARTS) is 1. The van der Waals surface area contributed by atoms with Gasteiger partial charge in [-0.05, 0) is 25.0 Å². The molecule has 0 atom stereocenters. The van der Waals surface area contributed by atoms with Crippen LogP contribution >= 0.6 is 11.3 Å². The highest BCUT2D eigenvalue weighted by Gasteiger charge is 2.09. The van der Waals surface area contributed by atoms with Crippen molar-refractivity contribution in [2.75, 3.05) is 0 Å². The van der Waals surface area contributed by atoms with Crippen LogP contribution in [-0.4, -0.2) is 16.1 Å². The number of nitrogens with zero attached hydrogens (tertiary/aromatic N) is 1. The molecule has 0 saturated heterocycles. The van der Waals surface area contributed by atoms with Crippen molar-refractivity contribution in [3.63, 3.8) is 0 Å². The largest absolute Gasteiger partial charge is 0.476 e. The van der Waals surface area contributed by atoms with Gasteiger partial charge in [0.15, 0.2) is 5.69 Å². The minimum atomic E-state index is -0.965. The topological polar surface area (TPSA) is 50.2 Å². The van der Waals surface area contributed by atoms with Crippen LogP contribution in [0.15, 0.2) is 23.6 Å². The second-order valence-corrected chi connectivity index (χ2v) is 4.98. The van der Waals surface area contributed by atoms with Gasteiger partial charge in [0, 0.05) is 11.8 Å². The Balaban J connectivity index is 2.22. The average Bonchev–Trinajstić information content (AvgIpc) is 2.71. The molecule has 88 valence electrons. The Kier molecular flexibility index (Phi) is 3.24. The number of hydrogen-bond donors (Lipinski definition) is 1. The number of aromatic carboxylic acids is 1. The molecule has 0 bridgehead atoms. The monoisotopic (exact) mass is 247 g/mol. The fourth-order valence-electron chi connectivity index (χ4n) is 1.70. The fraction of sp³-hybridized carbons (Fsp3) is 0.231. The molecular formula is C13H13NO2S. The van der Waals surface area contributed by atoms with E-state index in [1.165, 1.54) is 28.0 Å². The number of thiazole rings is 1. The van der Waals surface area contributed by atoms with Crippen molar-refractivity contribution < 1.29 is 9.90 Å². The Bertz CT molecular complexity index is 560. The van der Waals surface area contributed by atoms with E-state index in [1.54, 1.807) is 5.38 Å². The molecule has 0 aliphatic rings. The molecule has 0 aliphatic carbocycles. The standard InChI is InChI=1S/C13H13NO2S/c1-8-3-4-10(9(2)5-8)6-12-14-11(7-17-12)13(15)16/h3-5,7H,6H2,1-2H3,(H,15,16). The maximum atomic E-state index is 10.7. The summed E-state index contributed by atoms with van der Waals surface area (Å²) < 4.78 is 0. The third-order valence-electron chi connectivity index (χ3n) is 2.61. The molecule has 1 N–H and O–H groups in total. The summed E-state index contributed by atoms with van der Waals surface area (Å²) in [6.07, 6.45) is 0.698. The average molecular weight is 247 g/mol. The van der Waals surface area contributed by atoms with Crippen LogP contribution in [-0.2, 0) is 6.42 Å². The summed E-state index contributed by atoms with van der Waals surface area (Å²) in [6.45, 7) is 4.12. The van der Waals surface area contributed by atoms with E-state index in [1.807, 2.05) is 0 Å². The second-order valence-electron chi connectivity index (χ2n) is 4.04. The minimum Gasteiger partial charge on any atom is -0.476 e. The molecule has 2 rings (SSSR count). The number of aryl methyl sites for hydroxylation is 2. The van der Waals surface area contributed by atoms with Crippen LogP contribution in [0.25, 0.3) is 0 Å². The lowest BCUT2D eigenvalue weighted by molar-refractivity contribution is 0.0691. The highest BCUT2D eigenvalue weighted by atomic mass is 32.1. The molecule has 4 heteroatoms. The Morgan fingerprint density at radius 1 is 1.41 bits per heavy atom. The minimum absolute atomic E-state index is 0.134. The molecule has 0 radical (unpaired) electrons. The van der Waals surface area contributed by atoms with Crippen molar-refractivity contribution in [1.29, 1.82) is 0 Å². The summed E-state index contributed by atoms with van der Waals surface area (Å²) in [5.41, 5.74) is 3.78. The SMILES string of the molecule is Cc1ccc(Cc2nc(C(=O)O)cs2)c(C)c1. The predicted octanol–water partition coefficient (Wildman–Crippen LogP) is 3.05. The Morgan fingerprint density at radius 2 is 2.18 bits per heavy atom. The van der Waals surface area contributed by atoms with Crippen LogP contribution in [0.1, 0.15) is 32.2 Å². The number of aromatic nitrogens is 1. The first-order valence-corrected chi connectivity index (χ1v) is 6.18. The third kappa shape index (κ3) is 2.71. The van der Waals surface area contributed by atoms with Gasteiger partial charge >= 0.3 is 5.97 Å². The fourth-order valence-corrected chi connectivity index (χ4v) is 2.49. The van der Waals surface area contributed by atoms with Gasteiger partial charge < -0.3 is 5.11 Å². The molecule has 0 amide bonds. The number of carboxylic acids is 1. The highest BCUT2D eigenvalue weighted by molar-refractivity contribution is 7.09. The Labute approximate surface area is 104 Å². The van der Waals surface area contributed by atoms with E-state index in [0.29, 0.717) is 6.42 Å². The van der Waals surface area contributed by atoms with Gasteiger partial charge in [0.2, 0.25) is 0 Å². The Morgan fingerprint density at radius 3 is 2.76 bits per heavy atom. The first kappa shape index (κ1) is 11.8. The molecule has 17 heavy (non-hydrogen) atoms. The van der Waals surface area contributed by atoms with E-state index < -0.39 is 5.97 Å². The van der Waals surface area contributed by atoms with E-state index >= 15 is 0 Å². The van der Waals surface area contributed by atoms with Crippen LogP contribution in [0.4, 0.5) is 0 Å². The zero-order valence-corrected chi connectivity index (χ0v) is 10.5. The normalized spacial score (nSPS) is 10.5. The lowest BCUT2D eigenvalue weighted by Crippen LogP contribution is -1.97. The number of carbonyl (C=O) groups is 1. The molecule has 1 aromatic heterocycles. The van der Waals surface area contributed by atoms with Gasteiger partial charge in [-0.2, -0.15) is 0 Å². The summed E-state index contributed by atoms with van der Waals surface area (Å²) in [4.78, 5) is 14.8. The first-order chi connectivity index (χ1) is 8.06. The van der Waals surface area contributed by atoms with Gasteiger partial charge in [0.1, 0.15) is 0 Å². The van der Waals surface area contributed by atoms with E-state index in [2.05, 4.69) is 37.0 Å². The lowest BCUT2D eigenvalue weighted by atomic mass is 10.0. The number of hydrogen-bond acceptors (Lipinski definition) is 3. The zero-order chi connectivity index (χ0) is 12.4. The summed E-state index contributed by atoms with van der Waals surface area (Å²) in [5, 5.41) is 11.2. The molecular weight excluding hydrogens is 234 g/mol. The summed E-state index contributed by atoms with van der Waals surface area (Å²) in [7, 11) is 0. The maximum absolute atomic E-state index is 10.7. The van der Waals surface area contributed by atoms with Crippen molar-refractivity contribution in [1.82, 2.24) is 4.98 Å². The van der Waals surface area contributed by atoms with Crippen molar-refractivity contribution >= 4 is 17.3 Å². The van der Waals surface area contributed by atoms with Crippen LogP contribution in [0.3, 0.4) is 0 Å². The molecule has 0 saturated carbocycles. The second kappa shape index (κ2) is 4.67. The van der Waals surface area contributed by atoms with Crippen molar-refractivity contribution in [3.05, 3.63) is 51.0 Å². The van der Waals surface area contributed by atoms with E-state index in [9.17, 15) is 4.79 Å². The summed E-state index contributed by atoms with van der Waals surface area (Å²) >= 11 is 1.39. The van der Waals surface area contributed by atoms with Crippen LogP contribution in [0.5, 0.6) is 0 Å². The van der Waals surface area contributed by atoms with Crippen LogP contribution < -0.4 is 0 Å². The van der Waals surface area contributed by atoms with Gasteiger partial charge in [0.05, 0.1) is 5.01 Å². The van der Waals surface area contributed by atoms with Gasteiger partial charge in [-0.25, -0.2) is 9.78 Å². The molecule has 1 aromatic carbocycles. The summed E-state index contributed by atoms with van der Waals surface area (Å²) in [6, 6.07) is 6.27. The quantitative estimate of drug-likeness (QED) is 0.906. The highest BCUT2D eigenvalue weighted by Crippen LogP contribution is 2.18. The number of rotatable bonds is 3. The maximum Gasteiger partial charge on any atom is 0.355 e. The molecule has 1 heterocycles. The van der Waals surface area contributed by atoms with Gasteiger partial charge in [-0.3, -0.25) is 0 Å². The number of benzene rings is 1. The van der Waals surface area contributed by atoms with Gasteiger partial charge in [0.25, 0.3) is 0 Å².